The van der Waals surface area contributed by atoms with Crippen molar-refractivity contribution in [1.82, 2.24) is 15.5 Å². The van der Waals surface area contributed by atoms with Gasteiger partial charge in [0.05, 0.1) is 19.3 Å². The van der Waals surface area contributed by atoms with Gasteiger partial charge in [0.25, 0.3) is 0 Å². The van der Waals surface area contributed by atoms with E-state index in [1.165, 1.54) is 11.9 Å². The predicted molar refractivity (Wildman–Crippen MR) is 103 cm³/mol. The summed E-state index contributed by atoms with van der Waals surface area (Å²) in [5.74, 6) is 0.651. The van der Waals surface area contributed by atoms with E-state index in [1.54, 1.807) is 7.05 Å². The van der Waals surface area contributed by atoms with E-state index < -0.39 is 12.7 Å². The van der Waals surface area contributed by atoms with Crippen LogP contribution < -0.4 is 10.6 Å². The number of rotatable bonds is 10. The van der Waals surface area contributed by atoms with Crippen LogP contribution in [0.5, 0.6) is 0 Å². The van der Waals surface area contributed by atoms with Gasteiger partial charge in [0.2, 0.25) is 0 Å². The fourth-order valence-corrected chi connectivity index (χ4v) is 2.33. The van der Waals surface area contributed by atoms with Gasteiger partial charge in [-0.15, -0.1) is 24.0 Å². The van der Waals surface area contributed by atoms with Crippen LogP contribution in [-0.2, 0) is 9.47 Å². The Morgan fingerprint density at radius 3 is 2.52 bits per heavy atom. The van der Waals surface area contributed by atoms with Crippen molar-refractivity contribution < 1.29 is 22.6 Å². The summed E-state index contributed by atoms with van der Waals surface area (Å²) < 4.78 is 47.5. The van der Waals surface area contributed by atoms with Gasteiger partial charge in [-0.3, -0.25) is 9.89 Å². The standard InChI is InChI=1S/C15H29F3N4O2.HI/c1-19-14(20-6-3-8-22(2)12-15(16,17)18)21-7-4-9-24-13-5-10-23-11-13;/h13H,3-12H2,1-2H3,(H2,19,20,21);1H. The Kier molecular flexibility index (Phi) is 13.6. The molecule has 25 heavy (non-hydrogen) atoms. The van der Waals surface area contributed by atoms with Crippen LogP contribution in [0.2, 0.25) is 0 Å². The number of guanidine groups is 1. The van der Waals surface area contributed by atoms with Crippen molar-refractivity contribution in [2.24, 2.45) is 4.99 Å². The van der Waals surface area contributed by atoms with Gasteiger partial charge in [-0.25, -0.2) is 0 Å². The van der Waals surface area contributed by atoms with Crippen LogP contribution in [0.4, 0.5) is 13.2 Å². The Morgan fingerprint density at radius 1 is 1.28 bits per heavy atom. The van der Waals surface area contributed by atoms with Gasteiger partial charge < -0.3 is 20.1 Å². The van der Waals surface area contributed by atoms with Gasteiger partial charge in [-0.2, -0.15) is 13.2 Å². The van der Waals surface area contributed by atoms with Crippen molar-refractivity contribution in [3.8, 4) is 0 Å². The predicted octanol–water partition coefficient (Wildman–Crippen LogP) is 1.85. The third kappa shape index (κ3) is 13.5. The monoisotopic (exact) mass is 482 g/mol. The topological polar surface area (TPSA) is 58.1 Å². The molecule has 1 aliphatic rings. The minimum Gasteiger partial charge on any atom is -0.379 e. The summed E-state index contributed by atoms with van der Waals surface area (Å²) in [5.41, 5.74) is 0. The zero-order valence-electron chi connectivity index (χ0n) is 14.9. The maximum absolute atomic E-state index is 12.2. The van der Waals surface area contributed by atoms with E-state index in [-0.39, 0.29) is 30.1 Å². The van der Waals surface area contributed by atoms with Gasteiger partial charge in [0, 0.05) is 33.4 Å². The summed E-state index contributed by atoms with van der Waals surface area (Å²) in [6, 6.07) is 0. The largest absolute Gasteiger partial charge is 0.401 e. The smallest absolute Gasteiger partial charge is 0.379 e. The number of hydrogen-bond donors (Lipinski definition) is 2. The first-order chi connectivity index (χ1) is 11.4. The molecule has 2 N–H and O–H groups in total. The number of halogens is 4. The summed E-state index contributed by atoms with van der Waals surface area (Å²) in [7, 11) is 3.13. The second-order valence-corrected chi connectivity index (χ2v) is 5.84. The highest BCUT2D eigenvalue weighted by molar-refractivity contribution is 14.0. The first-order valence-electron chi connectivity index (χ1n) is 8.30. The van der Waals surface area contributed by atoms with Crippen LogP contribution in [0.3, 0.4) is 0 Å². The quantitative estimate of drug-likeness (QED) is 0.216. The SMILES string of the molecule is CN=C(NCCCOC1CCOC1)NCCCN(C)CC(F)(F)F.I. The lowest BCUT2D eigenvalue weighted by Crippen LogP contribution is -2.39. The lowest BCUT2D eigenvalue weighted by atomic mass is 10.3. The van der Waals surface area contributed by atoms with Crippen molar-refractivity contribution in [3.63, 3.8) is 0 Å². The van der Waals surface area contributed by atoms with E-state index in [2.05, 4.69) is 15.6 Å². The Labute approximate surface area is 164 Å². The van der Waals surface area contributed by atoms with E-state index in [9.17, 15) is 13.2 Å². The molecule has 0 aromatic rings. The van der Waals surface area contributed by atoms with E-state index in [1.807, 2.05) is 0 Å². The first-order valence-corrected chi connectivity index (χ1v) is 8.30. The Bertz CT molecular complexity index is 367. The number of alkyl halides is 3. The highest BCUT2D eigenvalue weighted by Gasteiger charge is 2.28. The molecule has 0 aliphatic carbocycles. The minimum absolute atomic E-state index is 0. The van der Waals surface area contributed by atoms with E-state index >= 15 is 0 Å². The molecule has 1 saturated heterocycles. The fraction of sp³-hybridized carbons (Fsp3) is 0.933. The normalized spacial score (nSPS) is 18.3. The molecule has 0 aromatic heterocycles. The van der Waals surface area contributed by atoms with E-state index in [0.717, 1.165) is 26.0 Å². The van der Waals surface area contributed by atoms with E-state index in [4.69, 9.17) is 9.47 Å². The Morgan fingerprint density at radius 2 is 1.96 bits per heavy atom. The molecule has 0 bridgehead atoms. The highest BCUT2D eigenvalue weighted by Crippen LogP contribution is 2.15. The van der Waals surface area contributed by atoms with E-state index in [0.29, 0.717) is 38.7 Å². The molecule has 1 atom stereocenters. The third-order valence-electron chi connectivity index (χ3n) is 3.54. The lowest BCUT2D eigenvalue weighted by molar-refractivity contribution is -0.143. The van der Waals surface area contributed by atoms with Crippen LogP contribution in [-0.4, -0.2) is 83.2 Å². The molecule has 1 heterocycles. The number of nitrogens with zero attached hydrogens (tertiary/aromatic N) is 2. The summed E-state index contributed by atoms with van der Waals surface area (Å²) in [6.07, 6.45) is -1.51. The Balaban J connectivity index is 0.00000576. The molecule has 0 amide bonds. The van der Waals surface area contributed by atoms with Crippen molar-refractivity contribution in [3.05, 3.63) is 0 Å². The average Bonchev–Trinajstić information content (AvgIpc) is 3.00. The van der Waals surface area contributed by atoms with Crippen molar-refractivity contribution >= 4 is 29.9 Å². The van der Waals surface area contributed by atoms with Crippen LogP contribution in [0, 0.1) is 0 Å². The molecular weight excluding hydrogens is 452 g/mol. The summed E-state index contributed by atoms with van der Waals surface area (Å²) in [5, 5.41) is 6.25. The molecule has 10 heteroatoms. The number of ether oxygens (including phenoxy) is 2. The number of nitrogens with one attached hydrogen (secondary N) is 2. The van der Waals surface area contributed by atoms with Crippen LogP contribution in [0.25, 0.3) is 0 Å². The lowest BCUT2D eigenvalue weighted by Gasteiger charge is -2.19. The molecule has 0 spiro atoms. The summed E-state index contributed by atoms with van der Waals surface area (Å²) in [4.78, 5) is 5.35. The average molecular weight is 482 g/mol. The molecule has 1 rings (SSSR count). The first kappa shape index (κ1) is 24.7. The molecule has 6 nitrogen and oxygen atoms in total. The van der Waals surface area contributed by atoms with Crippen molar-refractivity contribution in [1.29, 1.82) is 0 Å². The van der Waals surface area contributed by atoms with Crippen molar-refractivity contribution in [2.75, 3.05) is 60.1 Å². The zero-order valence-corrected chi connectivity index (χ0v) is 17.2. The summed E-state index contributed by atoms with van der Waals surface area (Å²) in [6.45, 7) is 2.91. The molecule has 1 unspecified atom stereocenters. The molecule has 1 aliphatic heterocycles. The highest BCUT2D eigenvalue weighted by atomic mass is 127. The zero-order chi connectivity index (χ0) is 17.8. The minimum atomic E-state index is -4.15. The van der Waals surface area contributed by atoms with Gasteiger partial charge >= 0.3 is 6.18 Å². The maximum Gasteiger partial charge on any atom is 0.401 e. The second kappa shape index (κ2) is 13.8. The summed E-state index contributed by atoms with van der Waals surface area (Å²) >= 11 is 0. The molecule has 0 radical (unpaired) electrons. The molecule has 1 fully saturated rings. The second-order valence-electron chi connectivity index (χ2n) is 5.84. The van der Waals surface area contributed by atoms with Gasteiger partial charge in [-0.05, 0) is 32.9 Å². The maximum atomic E-state index is 12.2. The Hall–Kier alpha value is -0.330. The fourth-order valence-electron chi connectivity index (χ4n) is 2.33. The molecule has 150 valence electrons. The molecule has 0 saturated carbocycles. The van der Waals surface area contributed by atoms with Crippen LogP contribution >= 0.6 is 24.0 Å². The molecular formula is C15H30F3IN4O2. The number of aliphatic imine (C=N–C) groups is 1. The third-order valence-corrected chi connectivity index (χ3v) is 3.54. The van der Waals surface area contributed by atoms with Crippen LogP contribution in [0.1, 0.15) is 19.3 Å². The van der Waals surface area contributed by atoms with Gasteiger partial charge in [0.1, 0.15) is 0 Å². The van der Waals surface area contributed by atoms with Crippen LogP contribution in [0.15, 0.2) is 4.99 Å². The van der Waals surface area contributed by atoms with Crippen molar-refractivity contribution in [2.45, 2.75) is 31.5 Å². The van der Waals surface area contributed by atoms with Gasteiger partial charge in [0.15, 0.2) is 5.96 Å². The van der Waals surface area contributed by atoms with Gasteiger partial charge in [-0.1, -0.05) is 0 Å². The number of hydrogen-bond acceptors (Lipinski definition) is 4. The molecule has 0 aromatic carbocycles.